The van der Waals surface area contributed by atoms with Crippen molar-refractivity contribution in [2.45, 2.75) is 71.9 Å². The molecule has 1 N–H and O–H groups in total. The molecule has 0 aromatic carbocycles. The van der Waals surface area contributed by atoms with Crippen molar-refractivity contribution >= 4 is 11.8 Å². The fourth-order valence-electron chi connectivity index (χ4n) is 2.82. The lowest BCUT2D eigenvalue weighted by atomic mass is 9.87. The quantitative estimate of drug-likeness (QED) is 0.803. The highest BCUT2D eigenvalue weighted by atomic mass is 16.2. The summed E-state index contributed by atoms with van der Waals surface area (Å²) < 4.78 is 0. The van der Waals surface area contributed by atoms with Crippen molar-refractivity contribution in [2.24, 2.45) is 5.92 Å². The van der Waals surface area contributed by atoms with Crippen LogP contribution in [0.3, 0.4) is 0 Å². The van der Waals surface area contributed by atoms with E-state index in [0.717, 1.165) is 12.8 Å². The summed E-state index contributed by atoms with van der Waals surface area (Å²) in [5.41, 5.74) is -0.682. The van der Waals surface area contributed by atoms with Gasteiger partial charge in [0.05, 0.1) is 6.54 Å². The van der Waals surface area contributed by atoms with Crippen molar-refractivity contribution in [3.63, 3.8) is 0 Å². The molecule has 1 heterocycles. The maximum absolute atomic E-state index is 12.7. The molecule has 0 aliphatic carbocycles. The lowest BCUT2D eigenvalue weighted by molar-refractivity contribution is -0.152. The molecule has 0 saturated carbocycles. The van der Waals surface area contributed by atoms with Gasteiger partial charge < -0.3 is 10.2 Å². The SMILES string of the molecule is CCC(C)CC(C)N1CC(=O)NC(CC)(CC)C1=O. The number of nitrogens with one attached hydrogen (secondary N) is 1. The van der Waals surface area contributed by atoms with E-state index >= 15 is 0 Å². The summed E-state index contributed by atoms with van der Waals surface area (Å²) in [6.07, 6.45) is 3.37. The molecule has 2 amide bonds. The lowest BCUT2D eigenvalue weighted by Crippen LogP contribution is -2.67. The third kappa shape index (κ3) is 3.28. The first-order chi connectivity index (χ1) is 8.90. The molecule has 1 aliphatic rings. The van der Waals surface area contributed by atoms with Gasteiger partial charge in [-0.15, -0.1) is 0 Å². The summed E-state index contributed by atoms with van der Waals surface area (Å²) in [6, 6.07) is 0.131. The van der Waals surface area contributed by atoms with Crippen molar-refractivity contribution in [1.29, 1.82) is 0 Å². The third-order valence-electron chi connectivity index (χ3n) is 4.54. The minimum Gasteiger partial charge on any atom is -0.340 e. The van der Waals surface area contributed by atoms with E-state index in [9.17, 15) is 9.59 Å². The minimum atomic E-state index is -0.682. The first-order valence-corrected chi connectivity index (χ1v) is 7.52. The molecule has 19 heavy (non-hydrogen) atoms. The molecule has 0 aromatic rings. The molecule has 1 saturated heterocycles. The standard InChI is InChI=1S/C15H28N2O2/c1-6-11(4)9-12(5)17-10-13(18)16-15(7-2,8-3)14(17)19/h11-12H,6-10H2,1-5H3,(H,16,18). The van der Waals surface area contributed by atoms with Crippen molar-refractivity contribution in [1.82, 2.24) is 10.2 Å². The largest absolute Gasteiger partial charge is 0.340 e. The van der Waals surface area contributed by atoms with Gasteiger partial charge in [0.2, 0.25) is 11.8 Å². The number of hydrogen-bond donors (Lipinski definition) is 1. The van der Waals surface area contributed by atoms with Gasteiger partial charge in [0, 0.05) is 6.04 Å². The van der Waals surface area contributed by atoms with Crippen LogP contribution in [0.4, 0.5) is 0 Å². The highest BCUT2D eigenvalue weighted by molar-refractivity contribution is 5.98. The Kier molecular flexibility index (Phi) is 5.39. The molecule has 4 nitrogen and oxygen atoms in total. The second kappa shape index (κ2) is 6.40. The van der Waals surface area contributed by atoms with Crippen LogP contribution in [0.2, 0.25) is 0 Å². The zero-order valence-corrected chi connectivity index (χ0v) is 13.0. The van der Waals surface area contributed by atoms with Crippen molar-refractivity contribution in [2.75, 3.05) is 6.54 Å². The number of amides is 2. The Hall–Kier alpha value is -1.06. The summed E-state index contributed by atoms with van der Waals surface area (Å²) >= 11 is 0. The Bertz CT molecular complexity index is 337. The monoisotopic (exact) mass is 268 g/mol. The average Bonchev–Trinajstić information content (AvgIpc) is 2.40. The molecule has 1 fully saturated rings. The van der Waals surface area contributed by atoms with Crippen molar-refractivity contribution < 1.29 is 9.59 Å². The highest BCUT2D eigenvalue weighted by Crippen LogP contribution is 2.25. The van der Waals surface area contributed by atoms with Crippen LogP contribution in [0.5, 0.6) is 0 Å². The number of nitrogens with zero attached hydrogens (tertiary/aromatic N) is 1. The van der Waals surface area contributed by atoms with E-state index in [2.05, 4.69) is 26.1 Å². The van der Waals surface area contributed by atoms with Gasteiger partial charge in [-0.1, -0.05) is 34.1 Å². The normalized spacial score (nSPS) is 22.1. The Morgan fingerprint density at radius 3 is 2.26 bits per heavy atom. The van der Waals surface area contributed by atoms with Crippen LogP contribution in [0.1, 0.15) is 60.3 Å². The van der Waals surface area contributed by atoms with Crippen LogP contribution >= 0.6 is 0 Å². The van der Waals surface area contributed by atoms with Gasteiger partial charge >= 0.3 is 0 Å². The number of hydrogen-bond acceptors (Lipinski definition) is 2. The topological polar surface area (TPSA) is 49.4 Å². The smallest absolute Gasteiger partial charge is 0.249 e. The number of piperazine rings is 1. The van der Waals surface area contributed by atoms with Gasteiger partial charge in [-0.2, -0.15) is 0 Å². The van der Waals surface area contributed by atoms with Crippen molar-refractivity contribution in [3.05, 3.63) is 0 Å². The zero-order valence-electron chi connectivity index (χ0n) is 13.0. The lowest BCUT2D eigenvalue weighted by Gasteiger charge is -2.44. The summed E-state index contributed by atoms with van der Waals surface area (Å²) in [7, 11) is 0. The van der Waals surface area contributed by atoms with Gasteiger partial charge in [0.25, 0.3) is 0 Å². The van der Waals surface area contributed by atoms with E-state index in [-0.39, 0.29) is 24.4 Å². The first kappa shape index (κ1) is 16.0. The Balaban J connectivity index is 2.88. The molecule has 2 atom stereocenters. The molecule has 0 bridgehead atoms. The van der Waals surface area contributed by atoms with Crippen LogP contribution in [0, 0.1) is 5.92 Å². The summed E-state index contributed by atoms with van der Waals surface area (Å²) in [5, 5.41) is 2.90. The first-order valence-electron chi connectivity index (χ1n) is 7.52. The average molecular weight is 268 g/mol. The Morgan fingerprint density at radius 2 is 1.79 bits per heavy atom. The highest BCUT2D eigenvalue weighted by Gasteiger charge is 2.45. The number of carbonyl (C=O) groups is 2. The van der Waals surface area contributed by atoms with Gasteiger partial charge in [-0.3, -0.25) is 9.59 Å². The molecule has 1 aliphatic heterocycles. The van der Waals surface area contributed by atoms with Crippen LogP contribution in [-0.4, -0.2) is 34.8 Å². The molecule has 2 unspecified atom stereocenters. The summed E-state index contributed by atoms with van der Waals surface area (Å²) in [4.78, 5) is 26.4. The van der Waals surface area contributed by atoms with Gasteiger partial charge in [0.15, 0.2) is 0 Å². The van der Waals surface area contributed by atoms with Crippen LogP contribution < -0.4 is 5.32 Å². The maximum Gasteiger partial charge on any atom is 0.249 e. The van der Waals surface area contributed by atoms with Gasteiger partial charge in [-0.05, 0) is 32.1 Å². The predicted octanol–water partition coefficient (Wildman–Crippen LogP) is 2.33. The van der Waals surface area contributed by atoms with E-state index in [0.29, 0.717) is 18.8 Å². The van der Waals surface area contributed by atoms with Crippen LogP contribution in [-0.2, 0) is 9.59 Å². The second-order valence-corrected chi connectivity index (χ2v) is 5.87. The molecule has 4 heteroatoms. The number of rotatable bonds is 6. The fraction of sp³-hybridized carbons (Fsp3) is 0.867. The van der Waals surface area contributed by atoms with Crippen molar-refractivity contribution in [3.8, 4) is 0 Å². The van der Waals surface area contributed by atoms with E-state index < -0.39 is 5.54 Å². The summed E-state index contributed by atoms with van der Waals surface area (Å²) in [5.74, 6) is 0.637. The molecule has 0 spiro atoms. The molecule has 110 valence electrons. The van der Waals surface area contributed by atoms with Crippen LogP contribution in [0.15, 0.2) is 0 Å². The molecule has 1 rings (SSSR count). The van der Waals surface area contributed by atoms with Crippen LogP contribution in [0.25, 0.3) is 0 Å². The van der Waals surface area contributed by atoms with Gasteiger partial charge in [-0.25, -0.2) is 0 Å². The fourth-order valence-corrected chi connectivity index (χ4v) is 2.82. The minimum absolute atomic E-state index is 0.0284. The van der Waals surface area contributed by atoms with Gasteiger partial charge in [0.1, 0.15) is 5.54 Å². The Labute approximate surface area is 116 Å². The summed E-state index contributed by atoms with van der Waals surface area (Å²) in [6.45, 7) is 10.5. The second-order valence-electron chi connectivity index (χ2n) is 5.87. The van der Waals surface area contributed by atoms with E-state index in [4.69, 9.17) is 0 Å². The maximum atomic E-state index is 12.7. The zero-order chi connectivity index (χ0) is 14.6. The van der Waals surface area contributed by atoms with E-state index in [1.807, 2.05) is 13.8 Å². The molecular formula is C15H28N2O2. The van der Waals surface area contributed by atoms with E-state index in [1.165, 1.54) is 0 Å². The predicted molar refractivity (Wildman–Crippen MR) is 76.7 cm³/mol. The number of carbonyl (C=O) groups excluding carboxylic acids is 2. The third-order valence-corrected chi connectivity index (χ3v) is 4.54. The molecule has 0 radical (unpaired) electrons. The Morgan fingerprint density at radius 1 is 1.21 bits per heavy atom. The molecular weight excluding hydrogens is 240 g/mol. The van der Waals surface area contributed by atoms with E-state index in [1.54, 1.807) is 4.90 Å². The molecule has 0 aromatic heterocycles.